The van der Waals surface area contributed by atoms with Crippen LogP contribution in [0.1, 0.15) is 39.0 Å². The average Bonchev–Trinajstić information content (AvgIpc) is 3.21. The van der Waals surface area contributed by atoms with Crippen molar-refractivity contribution in [2.24, 2.45) is 5.92 Å². The molecular weight excluding hydrogens is 262 g/mol. The van der Waals surface area contributed by atoms with Gasteiger partial charge in [0, 0.05) is 12.1 Å². The fourth-order valence-corrected chi connectivity index (χ4v) is 2.05. The number of nitrogens with one attached hydrogen (secondary N) is 3. The predicted molar refractivity (Wildman–Crippen MR) is 71.1 cm³/mol. The van der Waals surface area contributed by atoms with E-state index in [0.717, 1.165) is 25.7 Å². The van der Waals surface area contributed by atoms with Gasteiger partial charge in [0.2, 0.25) is 5.91 Å². The molecule has 20 heavy (non-hydrogen) atoms. The molecule has 3 amide bonds. The van der Waals surface area contributed by atoms with E-state index < -0.39 is 18.0 Å². The zero-order chi connectivity index (χ0) is 14.7. The highest BCUT2D eigenvalue weighted by atomic mass is 16.4. The molecule has 0 saturated heterocycles. The van der Waals surface area contributed by atoms with E-state index in [1.165, 1.54) is 0 Å². The molecule has 0 heterocycles. The Balaban J connectivity index is 1.74. The summed E-state index contributed by atoms with van der Waals surface area (Å²) in [4.78, 5) is 34.2. The maximum atomic E-state index is 11.8. The van der Waals surface area contributed by atoms with E-state index in [4.69, 9.17) is 5.11 Å². The van der Waals surface area contributed by atoms with Crippen molar-refractivity contribution in [1.82, 2.24) is 16.0 Å². The summed E-state index contributed by atoms with van der Waals surface area (Å²) in [5.41, 5.74) is 0. The lowest BCUT2D eigenvalue weighted by atomic mass is 10.1. The fraction of sp³-hybridized carbons (Fsp3) is 0.769. The van der Waals surface area contributed by atoms with E-state index in [1.54, 1.807) is 6.92 Å². The van der Waals surface area contributed by atoms with Crippen LogP contribution in [0.15, 0.2) is 0 Å². The molecule has 2 saturated carbocycles. The van der Waals surface area contributed by atoms with Gasteiger partial charge in [-0.15, -0.1) is 0 Å². The molecule has 0 bridgehead atoms. The van der Waals surface area contributed by atoms with Gasteiger partial charge in [0.15, 0.2) is 0 Å². The molecule has 2 aliphatic rings. The van der Waals surface area contributed by atoms with Crippen LogP contribution < -0.4 is 16.0 Å². The molecule has 2 rings (SSSR count). The van der Waals surface area contributed by atoms with E-state index >= 15 is 0 Å². The highest BCUT2D eigenvalue weighted by Gasteiger charge is 2.34. The van der Waals surface area contributed by atoms with E-state index in [0.29, 0.717) is 0 Å². The summed E-state index contributed by atoms with van der Waals surface area (Å²) in [7, 11) is 0. The molecule has 2 atom stereocenters. The summed E-state index contributed by atoms with van der Waals surface area (Å²) in [6.45, 7) is 1.61. The van der Waals surface area contributed by atoms with Gasteiger partial charge in [-0.1, -0.05) is 0 Å². The van der Waals surface area contributed by atoms with Crippen molar-refractivity contribution in [2.75, 3.05) is 0 Å². The van der Waals surface area contributed by atoms with Crippen LogP contribution >= 0.6 is 0 Å². The number of carbonyl (C=O) groups excluding carboxylic acids is 2. The van der Waals surface area contributed by atoms with E-state index in [2.05, 4.69) is 16.0 Å². The van der Waals surface area contributed by atoms with Gasteiger partial charge >= 0.3 is 12.0 Å². The second-order valence-electron chi connectivity index (χ2n) is 5.66. The Hall–Kier alpha value is -1.79. The lowest BCUT2D eigenvalue weighted by Crippen LogP contribution is -2.51. The Labute approximate surface area is 117 Å². The SMILES string of the molecule is CC(NC(=O)NC(CC(=O)O)C1CC1)C(=O)NC1CC1. The predicted octanol–water partition coefficient (Wildman–Crippen LogP) is 0.206. The molecule has 0 aromatic rings. The molecule has 2 fully saturated rings. The molecule has 0 aromatic heterocycles. The number of urea groups is 1. The number of hydrogen-bond acceptors (Lipinski definition) is 3. The zero-order valence-corrected chi connectivity index (χ0v) is 11.5. The van der Waals surface area contributed by atoms with Crippen molar-refractivity contribution < 1.29 is 19.5 Å². The van der Waals surface area contributed by atoms with Crippen LogP contribution in [0.2, 0.25) is 0 Å². The van der Waals surface area contributed by atoms with Crippen molar-refractivity contribution in [3.8, 4) is 0 Å². The molecule has 0 radical (unpaired) electrons. The number of amides is 3. The van der Waals surface area contributed by atoms with Gasteiger partial charge in [0.25, 0.3) is 0 Å². The van der Waals surface area contributed by atoms with Crippen LogP contribution in [0.4, 0.5) is 4.79 Å². The quantitative estimate of drug-likeness (QED) is 0.535. The summed E-state index contributed by atoms with van der Waals surface area (Å²) in [5.74, 6) is -0.891. The summed E-state index contributed by atoms with van der Waals surface area (Å²) in [6.07, 6.45) is 3.78. The third kappa shape index (κ3) is 4.71. The molecule has 4 N–H and O–H groups in total. The van der Waals surface area contributed by atoms with Gasteiger partial charge in [-0.05, 0) is 38.5 Å². The summed E-state index contributed by atoms with van der Waals surface area (Å²) in [6, 6.07) is -1.21. The Morgan fingerprint density at radius 2 is 1.80 bits per heavy atom. The van der Waals surface area contributed by atoms with Crippen LogP contribution in [0.5, 0.6) is 0 Å². The van der Waals surface area contributed by atoms with E-state index in [9.17, 15) is 14.4 Å². The van der Waals surface area contributed by atoms with Gasteiger partial charge in [-0.25, -0.2) is 4.79 Å². The van der Waals surface area contributed by atoms with Crippen LogP contribution in [-0.2, 0) is 9.59 Å². The van der Waals surface area contributed by atoms with Gasteiger partial charge in [-0.2, -0.15) is 0 Å². The van der Waals surface area contributed by atoms with Crippen LogP contribution in [-0.4, -0.2) is 41.1 Å². The third-order valence-corrected chi connectivity index (χ3v) is 3.57. The van der Waals surface area contributed by atoms with Gasteiger partial charge in [0.1, 0.15) is 6.04 Å². The van der Waals surface area contributed by atoms with E-state index in [1.807, 2.05) is 0 Å². The largest absolute Gasteiger partial charge is 0.481 e. The molecule has 2 aliphatic carbocycles. The average molecular weight is 283 g/mol. The summed E-state index contributed by atoms with van der Waals surface area (Å²) < 4.78 is 0. The Kier molecular flexibility index (Phi) is 4.46. The second-order valence-corrected chi connectivity index (χ2v) is 5.66. The van der Waals surface area contributed by atoms with Gasteiger partial charge < -0.3 is 21.1 Å². The third-order valence-electron chi connectivity index (χ3n) is 3.57. The standard InChI is InChI=1S/C13H21N3O4/c1-7(12(19)15-9-4-5-9)14-13(20)16-10(6-11(17)18)8-2-3-8/h7-10H,2-6H2,1H3,(H,15,19)(H,17,18)(H2,14,16,20). The Morgan fingerprint density at radius 1 is 1.15 bits per heavy atom. The minimum Gasteiger partial charge on any atom is -0.481 e. The fourth-order valence-electron chi connectivity index (χ4n) is 2.05. The minimum atomic E-state index is -0.929. The first-order valence-corrected chi connectivity index (χ1v) is 7.05. The number of carboxylic acid groups (broad SMARTS) is 1. The first-order valence-electron chi connectivity index (χ1n) is 7.05. The number of hydrogen-bond donors (Lipinski definition) is 4. The topological polar surface area (TPSA) is 108 Å². The highest BCUT2D eigenvalue weighted by Crippen LogP contribution is 2.33. The smallest absolute Gasteiger partial charge is 0.315 e. The van der Waals surface area contributed by atoms with Crippen molar-refractivity contribution in [3.63, 3.8) is 0 Å². The van der Waals surface area contributed by atoms with Crippen LogP contribution in [0.3, 0.4) is 0 Å². The number of rotatable bonds is 7. The molecule has 0 aliphatic heterocycles. The van der Waals surface area contributed by atoms with Crippen molar-refractivity contribution in [2.45, 2.75) is 57.2 Å². The molecular formula is C13H21N3O4. The van der Waals surface area contributed by atoms with Crippen molar-refractivity contribution >= 4 is 17.9 Å². The molecule has 7 heteroatoms. The maximum Gasteiger partial charge on any atom is 0.315 e. The van der Waals surface area contributed by atoms with Gasteiger partial charge in [-0.3, -0.25) is 9.59 Å². The van der Waals surface area contributed by atoms with Crippen LogP contribution in [0.25, 0.3) is 0 Å². The first kappa shape index (κ1) is 14.6. The molecule has 7 nitrogen and oxygen atoms in total. The second kappa shape index (κ2) is 6.11. The lowest BCUT2D eigenvalue weighted by Gasteiger charge is -2.19. The summed E-state index contributed by atoms with van der Waals surface area (Å²) in [5, 5.41) is 16.8. The molecule has 0 spiro atoms. The molecule has 2 unspecified atom stereocenters. The molecule has 112 valence electrons. The first-order chi connectivity index (χ1) is 9.45. The maximum absolute atomic E-state index is 11.8. The Bertz CT molecular complexity index is 404. The summed E-state index contributed by atoms with van der Waals surface area (Å²) >= 11 is 0. The normalized spacial score (nSPS) is 20.6. The lowest BCUT2D eigenvalue weighted by molar-refractivity contribution is -0.137. The zero-order valence-electron chi connectivity index (χ0n) is 11.5. The van der Waals surface area contributed by atoms with Crippen molar-refractivity contribution in [1.29, 1.82) is 0 Å². The number of carboxylic acids is 1. The van der Waals surface area contributed by atoms with Gasteiger partial charge in [0.05, 0.1) is 6.42 Å². The van der Waals surface area contributed by atoms with Crippen molar-refractivity contribution in [3.05, 3.63) is 0 Å². The van der Waals surface area contributed by atoms with E-state index in [-0.39, 0.29) is 30.3 Å². The minimum absolute atomic E-state index is 0.0826. The Morgan fingerprint density at radius 3 is 2.30 bits per heavy atom. The number of carbonyl (C=O) groups is 3. The monoisotopic (exact) mass is 283 g/mol. The number of aliphatic carboxylic acids is 1. The highest BCUT2D eigenvalue weighted by molar-refractivity contribution is 5.87. The molecule has 0 aromatic carbocycles. The van der Waals surface area contributed by atoms with Crippen LogP contribution in [0, 0.1) is 5.92 Å².